The highest BCUT2D eigenvalue weighted by Gasteiger charge is 2.20. The summed E-state index contributed by atoms with van der Waals surface area (Å²) in [7, 11) is 0. The number of aromatic nitrogens is 2. The van der Waals surface area contributed by atoms with Crippen molar-refractivity contribution in [3.8, 4) is 11.3 Å². The van der Waals surface area contributed by atoms with Crippen LogP contribution in [0.1, 0.15) is 36.5 Å². The van der Waals surface area contributed by atoms with Gasteiger partial charge in [-0.3, -0.25) is 9.78 Å². The molecular formula is C23H26ClN4O+. The van der Waals surface area contributed by atoms with Crippen molar-refractivity contribution in [3.63, 3.8) is 0 Å². The Morgan fingerprint density at radius 1 is 1.21 bits per heavy atom. The molecule has 4 rings (SSSR count). The van der Waals surface area contributed by atoms with Crippen molar-refractivity contribution in [2.45, 2.75) is 32.2 Å². The van der Waals surface area contributed by atoms with E-state index in [1.54, 1.807) is 23.4 Å². The van der Waals surface area contributed by atoms with Gasteiger partial charge in [-0.25, -0.2) is 4.98 Å². The van der Waals surface area contributed by atoms with Gasteiger partial charge < -0.3 is 10.2 Å². The van der Waals surface area contributed by atoms with Gasteiger partial charge in [0.15, 0.2) is 0 Å². The van der Waals surface area contributed by atoms with E-state index in [1.807, 2.05) is 30.3 Å². The number of pyridine rings is 2. The number of carbonyl (C=O) groups is 1. The predicted octanol–water partition coefficient (Wildman–Crippen LogP) is 3.14. The first-order chi connectivity index (χ1) is 14.1. The predicted molar refractivity (Wildman–Crippen MR) is 116 cm³/mol. The number of hydrogen-bond donors (Lipinski definition) is 2. The van der Waals surface area contributed by atoms with Gasteiger partial charge >= 0.3 is 0 Å². The molecule has 0 unspecified atom stereocenters. The van der Waals surface area contributed by atoms with E-state index >= 15 is 0 Å². The van der Waals surface area contributed by atoms with Gasteiger partial charge in [0.25, 0.3) is 5.91 Å². The normalized spacial score (nSPS) is 15.9. The molecule has 0 bridgehead atoms. The van der Waals surface area contributed by atoms with Gasteiger partial charge in [-0.15, -0.1) is 0 Å². The van der Waals surface area contributed by atoms with Crippen molar-refractivity contribution in [1.29, 1.82) is 0 Å². The van der Waals surface area contributed by atoms with Gasteiger partial charge in [-0.1, -0.05) is 11.6 Å². The fraction of sp³-hybridized carbons (Fsp3) is 0.348. The van der Waals surface area contributed by atoms with Crippen molar-refractivity contribution < 1.29 is 9.69 Å². The maximum Gasteiger partial charge on any atom is 0.252 e. The molecule has 1 atom stereocenters. The van der Waals surface area contributed by atoms with Crippen LogP contribution in [-0.4, -0.2) is 41.6 Å². The quantitative estimate of drug-likeness (QED) is 0.680. The number of rotatable bonds is 5. The second-order valence-electron chi connectivity index (χ2n) is 7.85. The number of fused-ring (bicyclic) bond motifs is 1. The first kappa shape index (κ1) is 19.8. The average molecular weight is 410 g/mol. The number of carbonyl (C=O) groups excluding carboxylic acids is 1. The van der Waals surface area contributed by atoms with Crippen molar-refractivity contribution in [2.24, 2.45) is 0 Å². The number of nitrogens with zero attached hydrogens (tertiary/aromatic N) is 2. The van der Waals surface area contributed by atoms with Crippen molar-refractivity contribution in [1.82, 2.24) is 15.3 Å². The van der Waals surface area contributed by atoms with Crippen molar-refractivity contribution >= 4 is 28.4 Å². The Hall–Kier alpha value is -2.50. The van der Waals surface area contributed by atoms with Crippen LogP contribution in [-0.2, 0) is 0 Å². The van der Waals surface area contributed by atoms with Crippen molar-refractivity contribution in [3.05, 3.63) is 59.4 Å². The van der Waals surface area contributed by atoms with Gasteiger partial charge in [0.1, 0.15) is 0 Å². The molecule has 1 saturated heterocycles. The number of quaternary nitrogens is 1. The number of likely N-dealkylation sites (tertiary alicyclic amines) is 1. The first-order valence-electron chi connectivity index (χ1n) is 10.3. The summed E-state index contributed by atoms with van der Waals surface area (Å²) >= 11 is 6.21. The summed E-state index contributed by atoms with van der Waals surface area (Å²) in [5.74, 6) is -0.0892. The number of halogens is 1. The van der Waals surface area contributed by atoms with Gasteiger partial charge in [-0.05, 0) is 62.6 Å². The smallest absolute Gasteiger partial charge is 0.252 e. The van der Waals surface area contributed by atoms with E-state index in [1.165, 1.54) is 32.4 Å². The Kier molecular flexibility index (Phi) is 6.07. The lowest BCUT2D eigenvalue weighted by molar-refractivity contribution is -0.905. The Labute approximate surface area is 176 Å². The third-order valence-corrected chi connectivity index (χ3v) is 5.74. The highest BCUT2D eigenvalue weighted by atomic mass is 35.5. The Bertz CT molecular complexity index is 1000. The van der Waals surface area contributed by atoms with Crippen LogP contribution in [0.5, 0.6) is 0 Å². The monoisotopic (exact) mass is 409 g/mol. The summed E-state index contributed by atoms with van der Waals surface area (Å²) in [5, 5.41) is 4.54. The lowest BCUT2D eigenvalue weighted by Crippen LogP contribution is -3.14. The lowest BCUT2D eigenvalue weighted by Gasteiger charge is -2.26. The zero-order chi connectivity index (χ0) is 20.2. The van der Waals surface area contributed by atoms with Crippen LogP contribution in [0.15, 0.2) is 48.8 Å². The number of nitrogens with one attached hydrogen (secondary N) is 2. The zero-order valence-electron chi connectivity index (χ0n) is 16.6. The van der Waals surface area contributed by atoms with E-state index in [-0.39, 0.29) is 11.9 Å². The molecule has 0 spiro atoms. The van der Waals surface area contributed by atoms with E-state index in [0.717, 1.165) is 28.7 Å². The summed E-state index contributed by atoms with van der Waals surface area (Å²) in [6, 6.07) is 11.2. The molecule has 2 aromatic heterocycles. The summed E-state index contributed by atoms with van der Waals surface area (Å²) in [5.41, 5.74) is 2.95. The molecule has 29 heavy (non-hydrogen) atoms. The molecule has 6 heteroatoms. The lowest BCUT2D eigenvalue weighted by atomic mass is 10.0. The molecular weight excluding hydrogens is 384 g/mol. The molecule has 3 heterocycles. The minimum Gasteiger partial charge on any atom is -0.344 e. The van der Waals surface area contributed by atoms with E-state index in [4.69, 9.17) is 16.6 Å². The number of benzene rings is 1. The van der Waals surface area contributed by atoms with E-state index < -0.39 is 0 Å². The van der Waals surface area contributed by atoms with Crippen LogP contribution in [0.25, 0.3) is 22.2 Å². The SMILES string of the molecule is C[C@H](C[NH+]1CCCCC1)NC(=O)c1cc(-c2cccnc2)nc2ccc(Cl)cc12. The molecule has 0 radical (unpaired) electrons. The molecule has 3 aromatic rings. The fourth-order valence-electron chi connectivity index (χ4n) is 4.09. The molecule has 150 valence electrons. The highest BCUT2D eigenvalue weighted by Crippen LogP contribution is 2.26. The Morgan fingerprint density at radius 2 is 2.03 bits per heavy atom. The molecule has 1 amide bonds. The van der Waals surface area contributed by atoms with Crippen LogP contribution in [0.3, 0.4) is 0 Å². The second-order valence-corrected chi connectivity index (χ2v) is 8.28. The zero-order valence-corrected chi connectivity index (χ0v) is 17.4. The fourth-order valence-corrected chi connectivity index (χ4v) is 4.26. The minimum atomic E-state index is -0.0892. The first-order valence-corrected chi connectivity index (χ1v) is 10.6. The molecule has 1 aromatic carbocycles. The number of hydrogen-bond acceptors (Lipinski definition) is 3. The third kappa shape index (κ3) is 4.74. The van der Waals surface area contributed by atoms with Gasteiger partial charge in [-0.2, -0.15) is 0 Å². The van der Waals surface area contributed by atoms with Crippen LogP contribution in [0.2, 0.25) is 5.02 Å². The van der Waals surface area contributed by atoms with Crippen LogP contribution >= 0.6 is 11.6 Å². The molecule has 1 fully saturated rings. The highest BCUT2D eigenvalue weighted by molar-refractivity contribution is 6.31. The minimum absolute atomic E-state index is 0.0892. The summed E-state index contributed by atoms with van der Waals surface area (Å²) < 4.78 is 0. The van der Waals surface area contributed by atoms with E-state index in [2.05, 4.69) is 17.2 Å². The summed E-state index contributed by atoms with van der Waals surface area (Å²) in [6.07, 6.45) is 7.36. The number of amides is 1. The summed E-state index contributed by atoms with van der Waals surface area (Å²) in [6.45, 7) is 5.42. The average Bonchev–Trinajstić information content (AvgIpc) is 2.74. The van der Waals surface area contributed by atoms with E-state index in [0.29, 0.717) is 10.6 Å². The molecule has 1 aliphatic rings. The largest absolute Gasteiger partial charge is 0.344 e. The molecule has 5 nitrogen and oxygen atoms in total. The van der Waals surface area contributed by atoms with E-state index in [9.17, 15) is 4.79 Å². The standard InChI is InChI=1S/C23H25ClN4O/c1-16(15-28-10-3-2-4-11-28)26-23(29)20-13-22(17-6-5-9-25-14-17)27-21-8-7-18(24)12-19(20)21/h5-9,12-14,16H,2-4,10-11,15H2,1H3,(H,26,29)/p+1/t16-/m1/s1. The topological polar surface area (TPSA) is 59.3 Å². The molecule has 1 aliphatic heterocycles. The number of piperidine rings is 1. The van der Waals surface area contributed by atoms with Gasteiger partial charge in [0, 0.05) is 28.4 Å². The molecule has 0 aliphatic carbocycles. The third-order valence-electron chi connectivity index (χ3n) is 5.51. The molecule has 2 N–H and O–H groups in total. The van der Waals surface area contributed by atoms with Crippen LogP contribution in [0, 0.1) is 0 Å². The Balaban J connectivity index is 1.63. The second kappa shape index (κ2) is 8.89. The Morgan fingerprint density at radius 3 is 2.79 bits per heavy atom. The van der Waals surface area contributed by atoms with Crippen molar-refractivity contribution in [2.75, 3.05) is 19.6 Å². The van der Waals surface area contributed by atoms with Crippen LogP contribution in [0.4, 0.5) is 0 Å². The van der Waals surface area contributed by atoms with Crippen LogP contribution < -0.4 is 10.2 Å². The van der Waals surface area contributed by atoms with Gasteiger partial charge in [0.05, 0.1) is 42.5 Å². The maximum atomic E-state index is 13.2. The van der Waals surface area contributed by atoms with Gasteiger partial charge in [0.2, 0.25) is 0 Å². The molecule has 0 saturated carbocycles. The summed E-state index contributed by atoms with van der Waals surface area (Å²) in [4.78, 5) is 23.7. The maximum absolute atomic E-state index is 13.2.